The van der Waals surface area contributed by atoms with Gasteiger partial charge < -0.3 is 19.9 Å². The third-order valence-corrected chi connectivity index (χ3v) is 4.60. The molecule has 3 heterocycles. The lowest BCUT2D eigenvalue weighted by molar-refractivity contribution is -0.125. The van der Waals surface area contributed by atoms with Crippen LogP contribution < -0.4 is 5.32 Å². The van der Waals surface area contributed by atoms with Gasteiger partial charge in [0, 0.05) is 31.9 Å². The molecular weight excluding hydrogens is 294 g/mol. The number of carbonyl (C=O) groups excluding carboxylic acids is 2. The number of likely N-dealkylation sites (tertiary alicyclic amines) is 1. The maximum Gasteiger partial charge on any atom is 0.320 e. The van der Waals surface area contributed by atoms with Crippen molar-refractivity contribution in [1.82, 2.24) is 9.80 Å². The fraction of sp³-hybridized carbons (Fsp3) is 0.529. The Bertz CT molecular complexity index is 605. The number of hydrogen-bond donors (Lipinski definition) is 1. The van der Waals surface area contributed by atoms with Gasteiger partial charge in [-0.15, -0.1) is 0 Å². The first-order chi connectivity index (χ1) is 11.2. The summed E-state index contributed by atoms with van der Waals surface area (Å²) in [5.41, 5.74) is 1.35. The molecule has 0 radical (unpaired) electrons. The molecule has 0 aromatic heterocycles. The summed E-state index contributed by atoms with van der Waals surface area (Å²) in [4.78, 5) is 28.3. The van der Waals surface area contributed by atoms with Gasteiger partial charge in [-0.05, 0) is 11.6 Å². The summed E-state index contributed by atoms with van der Waals surface area (Å²) in [5, 5.41) is 2.92. The lowest BCUT2D eigenvalue weighted by Gasteiger charge is -2.48. The van der Waals surface area contributed by atoms with Gasteiger partial charge in [0.1, 0.15) is 5.41 Å². The number of para-hydroxylation sites is 1. The molecule has 1 aromatic carbocycles. The Balaban J connectivity index is 0.000000753. The molecule has 1 aromatic rings. The van der Waals surface area contributed by atoms with Gasteiger partial charge in [-0.1, -0.05) is 32.0 Å². The van der Waals surface area contributed by atoms with Crippen molar-refractivity contribution in [3.63, 3.8) is 0 Å². The summed E-state index contributed by atoms with van der Waals surface area (Å²) in [6.07, 6.45) is 0. The van der Waals surface area contributed by atoms with Crippen molar-refractivity contribution in [2.45, 2.75) is 19.3 Å². The number of anilines is 1. The highest BCUT2D eigenvalue weighted by molar-refractivity contribution is 6.08. The van der Waals surface area contributed by atoms with Crippen molar-refractivity contribution in [3.8, 4) is 0 Å². The predicted octanol–water partition coefficient (Wildman–Crippen LogP) is 1.67. The minimum atomic E-state index is -0.543. The van der Waals surface area contributed by atoms with Crippen molar-refractivity contribution in [3.05, 3.63) is 29.8 Å². The van der Waals surface area contributed by atoms with E-state index in [9.17, 15) is 9.59 Å². The number of hydrogen-bond acceptors (Lipinski definition) is 3. The minimum Gasteiger partial charge on any atom is -0.378 e. The summed E-state index contributed by atoms with van der Waals surface area (Å²) in [6.45, 7) is 7.37. The van der Waals surface area contributed by atoms with Crippen LogP contribution in [-0.2, 0) is 14.9 Å². The fourth-order valence-corrected chi connectivity index (χ4v) is 3.38. The lowest BCUT2D eigenvalue weighted by Crippen LogP contribution is -2.66. The Morgan fingerprint density at radius 3 is 2.48 bits per heavy atom. The van der Waals surface area contributed by atoms with Crippen LogP contribution in [0.2, 0.25) is 0 Å². The zero-order chi connectivity index (χ0) is 16.4. The smallest absolute Gasteiger partial charge is 0.320 e. The molecule has 6 nitrogen and oxygen atoms in total. The van der Waals surface area contributed by atoms with Gasteiger partial charge in [0.2, 0.25) is 5.91 Å². The first kappa shape index (κ1) is 15.8. The van der Waals surface area contributed by atoms with E-state index in [2.05, 4.69) is 5.32 Å². The molecule has 0 aliphatic carbocycles. The molecular formula is C17H23N3O3. The van der Waals surface area contributed by atoms with E-state index in [1.807, 2.05) is 38.1 Å². The molecule has 0 unspecified atom stereocenters. The van der Waals surface area contributed by atoms with E-state index in [4.69, 9.17) is 4.74 Å². The Morgan fingerprint density at radius 1 is 1.13 bits per heavy atom. The summed E-state index contributed by atoms with van der Waals surface area (Å²) in [7, 11) is 0. The maximum absolute atomic E-state index is 12.4. The Hall–Kier alpha value is -2.08. The quantitative estimate of drug-likeness (QED) is 0.792. The topological polar surface area (TPSA) is 61.9 Å². The number of amides is 3. The highest BCUT2D eigenvalue weighted by Crippen LogP contribution is 2.44. The second-order valence-corrected chi connectivity index (χ2v) is 5.82. The van der Waals surface area contributed by atoms with Crippen LogP contribution in [0.5, 0.6) is 0 Å². The standard InChI is InChI=1S/C15H17N3O3.C2H6/c19-13-15(11-3-1-2-4-12(11)16-13)9-18(10-15)14(20)17-5-7-21-8-6-17;1-2/h1-4H,5-10H2,(H,16,19);1-2H3. The van der Waals surface area contributed by atoms with Crippen molar-refractivity contribution in [1.29, 1.82) is 0 Å². The van der Waals surface area contributed by atoms with Crippen molar-refractivity contribution in [2.75, 3.05) is 44.7 Å². The van der Waals surface area contributed by atoms with Gasteiger partial charge in [-0.3, -0.25) is 4.79 Å². The average molecular weight is 317 g/mol. The highest BCUT2D eigenvalue weighted by Gasteiger charge is 2.56. The Kier molecular flexibility index (Phi) is 4.26. The van der Waals surface area contributed by atoms with Gasteiger partial charge in [0.05, 0.1) is 13.2 Å². The molecule has 4 rings (SSSR count). The molecule has 3 amide bonds. The van der Waals surface area contributed by atoms with Crippen LogP contribution in [0.3, 0.4) is 0 Å². The first-order valence-electron chi connectivity index (χ1n) is 8.23. The molecule has 124 valence electrons. The molecule has 2 fully saturated rings. The van der Waals surface area contributed by atoms with Crippen molar-refractivity contribution in [2.24, 2.45) is 0 Å². The number of benzene rings is 1. The van der Waals surface area contributed by atoms with Gasteiger partial charge in [-0.25, -0.2) is 4.79 Å². The summed E-state index contributed by atoms with van der Waals surface area (Å²) >= 11 is 0. The molecule has 1 spiro atoms. The van der Waals surface area contributed by atoms with E-state index in [1.165, 1.54) is 0 Å². The normalized spacial score (nSPS) is 21.0. The molecule has 6 heteroatoms. The number of carbonyl (C=O) groups is 2. The molecule has 23 heavy (non-hydrogen) atoms. The fourth-order valence-electron chi connectivity index (χ4n) is 3.38. The monoisotopic (exact) mass is 317 g/mol. The molecule has 3 aliphatic heterocycles. The number of fused-ring (bicyclic) bond motifs is 2. The van der Waals surface area contributed by atoms with Crippen LogP contribution in [0, 0.1) is 0 Å². The number of rotatable bonds is 0. The Morgan fingerprint density at radius 2 is 1.78 bits per heavy atom. The Labute approximate surface area is 136 Å². The molecule has 0 atom stereocenters. The van der Waals surface area contributed by atoms with E-state index in [1.54, 1.807) is 9.80 Å². The van der Waals surface area contributed by atoms with E-state index in [0.29, 0.717) is 39.4 Å². The molecule has 0 saturated carbocycles. The van der Waals surface area contributed by atoms with Crippen LogP contribution in [0.15, 0.2) is 24.3 Å². The molecule has 2 saturated heterocycles. The summed E-state index contributed by atoms with van der Waals surface area (Å²) in [5.74, 6) is 0.00901. The van der Waals surface area contributed by atoms with Crippen LogP contribution >= 0.6 is 0 Å². The summed E-state index contributed by atoms with van der Waals surface area (Å²) in [6, 6.07) is 7.75. The number of nitrogens with one attached hydrogen (secondary N) is 1. The highest BCUT2D eigenvalue weighted by atomic mass is 16.5. The number of ether oxygens (including phenoxy) is 1. The van der Waals surface area contributed by atoms with Gasteiger partial charge in [0.25, 0.3) is 0 Å². The molecule has 3 aliphatic rings. The van der Waals surface area contributed by atoms with Crippen LogP contribution in [0.25, 0.3) is 0 Å². The first-order valence-corrected chi connectivity index (χ1v) is 8.23. The van der Waals surface area contributed by atoms with Crippen LogP contribution in [0.1, 0.15) is 19.4 Å². The van der Waals surface area contributed by atoms with E-state index < -0.39 is 5.41 Å². The van der Waals surface area contributed by atoms with Gasteiger partial charge in [-0.2, -0.15) is 0 Å². The van der Waals surface area contributed by atoms with E-state index >= 15 is 0 Å². The van der Waals surface area contributed by atoms with Crippen molar-refractivity contribution < 1.29 is 14.3 Å². The average Bonchev–Trinajstić information content (AvgIpc) is 2.87. The third kappa shape index (κ3) is 2.47. The van der Waals surface area contributed by atoms with E-state index in [-0.39, 0.29) is 11.9 Å². The second kappa shape index (κ2) is 6.20. The molecule has 1 N–H and O–H groups in total. The predicted molar refractivity (Wildman–Crippen MR) is 87.5 cm³/mol. The number of nitrogens with zero attached hydrogens (tertiary/aromatic N) is 2. The van der Waals surface area contributed by atoms with Crippen LogP contribution in [0.4, 0.5) is 10.5 Å². The van der Waals surface area contributed by atoms with Crippen molar-refractivity contribution >= 4 is 17.6 Å². The minimum absolute atomic E-state index is 0.00901. The lowest BCUT2D eigenvalue weighted by atomic mass is 9.75. The van der Waals surface area contributed by atoms with Gasteiger partial charge >= 0.3 is 6.03 Å². The number of urea groups is 1. The SMILES string of the molecule is CC.O=C(N1CCOCC1)N1CC2(C1)C(=O)Nc1ccccc12. The molecule has 0 bridgehead atoms. The largest absolute Gasteiger partial charge is 0.378 e. The third-order valence-electron chi connectivity index (χ3n) is 4.60. The summed E-state index contributed by atoms with van der Waals surface area (Å²) < 4.78 is 5.26. The maximum atomic E-state index is 12.4. The second-order valence-electron chi connectivity index (χ2n) is 5.82. The van der Waals surface area contributed by atoms with Gasteiger partial charge in [0.15, 0.2) is 0 Å². The number of morpholine rings is 1. The van der Waals surface area contributed by atoms with E-state index in [0.717, 1.165) is 11.3 Å². The zero-order valence-electron chi connectivity index (χ0n) is 13.7. The zero-order valence-corrected chi connectivity index (χ0v) is 13.7. The van der Waals surface area contributed by atoms with Crippen LogP contribution in [-0.4, -0.2) is 61.1 Å².